The van der Waals surface area contributed by atoms with Crippen molar-refractivity contribution in [1.82, 2.24) is 5.32 Å². The fraction of sp³-hybridized carbons (Fsp3) is 0.750. The lowest BCUT2D eigenvalue weighted by Crippen LogP contribution is -2.42. The largest absolute Gasteiger partial charge is 0.394 e. The van der Waals surface area contributed by atoms with Gasteiger partial charge in [-0.2, -0.15) is 5.26 Å². The second kappa shape index (κ2) is 4.07. The Bertz CT molecular complexity index is 206. The lowest BCUT2D eigenvalue weighted by Gasteiger charge is -2.18. The molecule has 0 bridgehead atoms. The van der Waals surface area contributed by atoms with Crippen LogP contribution in [0.15, 0.2) is 0 Å². The van der Waals surface area contributed by atoms with Crippen molar-refractivity contribution >= 4 is 5.91 Å². The molecule has 0 unspecified atom stereocenters. The average Bonchev–Trinajstić information content (AvgIpc) is 2.04. The van der Waals surface area contributed by atoms with E-state index in [1.807, 2.05) is 6.07 Å². The SMILES string of the molecule is C[C@@H](CO)NC(=O)C(C)(C)C#N. The van der Waals surface area contributed by atoms with Gasteiger partial charge in [0.15, 0.2) is 0 Å². The molecule has 0 aromatic rings. The van der Waals surface area contributed by atoms with Crippen LogP contribution in [0, 0.1) is 16.7 Å². The molecule has 2 N–H and O–H groups in total. The number of aliphatic hydroxyl groups excluding tert-OH is 1. The molecule has 0 spiro atoms. The van der Waals surface area contributed by atoms with Gasteiger partial charge in [0.05, 0.1) is 12.7 Å². The number of nitrogens with zero attached hydrogens (tertiary/aromatic N) is 1. The second-order valence-electron chi connectivity index (χ2n) is 3.29. The number of carbonyl (C=O) groups excluding carboxylic acids is 1. The molecule has 0 aromatic heterocycles. The minimum Gasteiger partial charge on any atom is -0.394 e. The van der Waals surface area contributed by atoms with Crippen LogP contribution in [0.3, 0.4) is 0 Å². The Morgan fingerprint density at radius 1 is 1.75 bits per heavy atom. The molecule has 1 atom stereocenters. The lowest BCUT2D eigenvalue weighted by atomic mass is 9.94. The summed E-state index contributed by atoms with van der Waals surface area (Å²) < 4.78 is 0. The molecule has 68 valence electrons. The van der Waals surface area contributed by atoms with Gasteiger partial charge in [0, 0.05) is 6.04 Å². The van der Waals surface area contributed by atoms with Gasteiger partial charge >= 0.3 is 0 Å². The zero-order valence-electron chi connectivity index (χ0n) is 7.59. The summed E-state index contributed by atoms with van der Waals surface area (Å²) in [5.41, 5.74) is -1.02. The normalized spacial score (nSPS) is 13.2. The second-order valence-corrected chi connectivity index (χ2v) is 3.29. The fourth-order valence-electron chi connectivity index (χ4n) is 0.501. The van der Waals surface area contributed by atoms with Crippen molar-refractivity contribution in [3.8, 4) is 6.07 Å². The maximum Gasteiger partial charge on any atom is 0.240 e. The molecule has 4 heteroatoms. The Hall–Kier alpha value is -1.08. The van der Waals surface area contributed by atoms with Gasteiger partial charge in [-0.15, -0.1) is 0 Å². The predicted octanol–water partition coefficient (Wildman–Crippen LogP) is 0.0332. The van der Waals surface area contributed by atoms with Crippen LogP contribution in [0.4, 0.5) is 0 Å². The molecule has 0 saturated carbocycles. The summed E-state index contributed by atoms with van der Waals surface area (Å²) in [5, 5.41) is 19.7. The van der Waals surface area contributed by atoms with E-state index < -0.39 is 5.41 Å². The van der Waals surface area contributed by atoms with Crippen LogP contribution >= 0.6 is 0 Å². The number of carbonyl (C=O) groups is 1. The van der Waals surface area contributed by atoms with Gasteiger partial charge in [-0.05, 0) is 20.8 Å². The number of hydrogen-bond acceptors (Lipinski definition) is 3. The molecular weight excluding hydrogens is 156 g/mol. The Labute approximate surface area is 72.2 Å². The molecule has 0 rings (SSSR count). The lowest BCUT2D eigenvalue weighted by molar-refractivity contribution is -0.127. The van der Waals surface area contributed by atoms with E-state index in [4.69, 9.17) is 10.4 Å². The number of nitrogens with one attached hydrogen (secondary N) is 1. The quantitative estimate of drug-likeness (QED) is 0.627. The van der Waals surface area contributed by atoms with Gasteiger partial charge in [-0.1, -0.05) is 0 Å². The molecule has 0 radical (unpaired) electrons. The van der Waals surface area contributed by atoms with E-state index in [0.29, 0.717) is 0 Å². The van der Waals surface area contributed by atoms with E-state index in [2.05, 4.69) is 5.32 Å². The highest BCUT2D eigenvalue weighted by Crippen LogP contribution is 2.12. The maximum atomic E-state index is 11.2. The Morgan fingerprint density at radius 2 is 2.25 bits per heavy atom. The molecule has 0 saturated heterocycles. The number of hydrogen-bond donors (Lipinski definition) is 2. The average molecular weight is 170 g/mol. The molecule has 0 aliphatic carbocycles. The van der Waals surface area contributed by atoms with Crippen LogP contribution in [0.1, 0.15) is 20.8 Å². The van der Waals surface area contributed by atoms with Crippen molar-refractivity contribution < 1.29 is 9.90 Å². The molecular formula is C8H14N2O2. The van der Waals surface area contributed by atoms with Crippen LogP contribution < -0.4 is 5.32 Å². The first-order valence-electron chi connectivity index (χ1n) is 3.77. The summed E-state index contributed by atoms with van der Waals surface area (Å²) in [6.07, 6.45) is 0. The maximum absolute atomic E-state index is 11.2. The molecule has 12 heavy (non-hydrogen) atoms. The highest BCUT2D eigenvalue weighted by atomic mass is 16.3. The molecule has 0 aliphatic rings. The van der Waals surface area contributed by atoms with Gasteiger partial charge < -0.3 is 10.4 Å². The zero-order chi connectivity index (χ0) is 9.78. The first kappa shape index (κ1) is 10.9. The zero-order valence-corrected chi connectivity index (χ0v) is 7.59. The van der Waals surface area contributed by atoms with Crippen LogP contribution in [-0.4, -0.2) is 23.7 Å². The van der Waals surface area contributed by atoms with Crippen LogP contribution in [0.25, 0.3) is 0 Å². The van der Waals surface area contributed by atoms with E-state index in [9.17, 15) is 4.79 Å². The highest BCUT2D eigenvalue weighted by Gasteiger charge is 2.27. The van der Waals surface area contributed by atoms with Crippen molar-refractivity contribution in [2.75, 3.05) is 6.61 Å². The third kappa shape index (κ3) is 2.89. The Balaban J connectivity index is 4.15. The summed E-state index contributed by atoms with van der Waals surface area (Å²) in [6.45, 7) is 4.62. The standard InChI is InChI=1S/C8H14N2O2/c1-6(4-11)10-7(12)8(2,3)5-9/h6,11H,4H2,1-3H3,(H,10,12)/t6-/m0/s1. The Kier molecular flexibility index (Phi) is 3.71. The predicted molar refractivity (Wildman–Crippen MR) is 44.1 cm³/mol. The van der Waals surface area contributed by atoms with Gasteiger partial charge in [0.25, 0.3) is 0 Å². The van der Waals surface area contributed by atoms with E-state index >= 15 is 0 Å². The fourth-order valence-corrected chi connectivity index (χ4v) is 0.501. The molecule has 0 fully saturated rings. The van der Waals surface area contributed by atoms with Crippen LogP contribution in [0.2, 0.25) is 0 Å². The van der Waals surface area contributed by atoms with Crippen molar-refractivity contribution in [3.63, 3.8) is 0 Å². The number of aliphatic hydroxyl groups is 1. The van der Waals surface area contributed by atoms with Crippen molar-refractivity contribution in [3.05, 3.63) is 0 Å². The monoisotopic (exact) mass is 170 g/mol. The smallest absolute Gasteiger partial charge is 0.240 e. The van der Waals surface area contributed by atoms with Crippen molar-refractivity contribution in [1.29, 1.82) is 5.26 Å². The molecule has 0 heterocycles. The summed E-state index contributed by atoms with van der Waals surface area (Å²) in [7, 11) is 0. The van der Waals surface area contributed by atoms with Crippen molar-refractivity contribution in [2.45, 2.75) is 26.8 Å². The molecule has 0 aromatic carbocycles. The van der Waals surface area contributed by atoms with Gasteiger partial charge in [0.1, 0.15) is 5.41 Å². The topological polar surface area (TPSA) is 73.1 Å². The summed E-state index contributed by atoms with van der Waals surface area (Å²) in [5.74, 6) is -0.355. The first-order valence-corrected chi connectivity index (χ1v) is 3.77. The minimum absolute atomic E-state index is 0.118. The van der Waals surface area contributed by atoms with E-state index in [-0.39, 0.29) is 18.6 Å². The third-order valence-electron chi connectivity index (χ3n) is 1.50. The van der Waals surface area contributed by atoms with Crippen molar-refractivity contribution in [2.24, 2.45) is 5.41 Å². The van der Waals surface area contributed by atoms with E-state index in [1.54, 1.807) is 6.92 Å². The van der Waals surface area contributed by atoms with Crippen LogP contribution in [0.5, 0.6) is 0 Å². The summed E-state index contributed by atoms with van der Waals surface area (Å²) in [4.78, 5) is 11.2. The third-order valence-corrected chi connectivity index (χ3v) is 1.50. The summed E-state index contributed by atoms with van der Waals surface area (Å²) >= 11 is 0. The number of amides is 1. The van der Waals surface area contributed by atoms with Gasteiger partial charge in [-0.25, -0.2) is 0 Å². The van der Waals surface area contributed by atoms with E-state index in [1.165, 1.54) is 13.8 Å². The number of rotatable bonds is 3. The summed E-state index contributed by atoms with van der Waals surface area (Å²) in [6, 6.07) is 1.58. The molecule has 1 amide bonds. The Morgan fingerprint density at radius 3 is 2.58 bits per heavy atom. The van der Waals surface area contributed by atoms with Gasteiger partial charge in [-0.3, -0.25) is 4.79 Å². The number of nitriles is 1. The molecule has 0 aliphatic heterocycles. The molecule has 4 nitrogen and oxygen atoms in total. The minimum atomic E-state index is -1.02. The first-order chi connectivity index (χ1) is 5.44. The van der Waals surface area contributed by atoms with Crippen LogP contribution in [-0.2, 0) is 4.79 Å². The van der Waals surface area contributed by atoms with E-state index in [0.717, 1.165) is 0 Å². The van der Waals surface area contributed by atoms with Gasteiger partial charge in [0.2, 0.25) is 5.91 Å². The highest BCUT2D eigenvalue weighted by molar-refractivity contribution is 5.84.